The molecule has 0 spiro atoms. The van der Waals surface area contributed by atoms with Gasteiger partial charge < -0.3 is 19.4 Å². The lowest BCUT2D eigenvalue weighted by atomic mass is 9.99. The minimum atomic E-state index is 0.317. The van der Waals surface area contributed by atoms with Crippen molar-refractivity contribution in [3.05, 3.63) is 18.0 Å². The van der Waals surface area contributed by atoms with E-state index in [2.05, 4.69) is 22.9 Å². The van der Waals surface area contributed by atoms with Gasteiger partial charge in [0.05, 0.1) is 11.0 Å². The monoisotopic (exact) mass is 315 g/mol. The zero-order valence-corrected chi connectivity index (χ0v) is 13.8. The minimum absolute atomic E-state index is 0.317. The number of rotatable bonds is 5. The molecular formula is C18H25N3O2. The van der Waals surface area contributed by atoms with Gasteiger partial charge in [-0.2, -0.15) is 0 Å². The maximum atomic E-state index is 5.57. The van der Waals surface area contributed by atoms with E-state index >= 15 is 0 Å². The van der Waals surface area contributed by atoms with E-state index in [4.69, 9.17) is 14.5 Å². The smallest absolute Gasteiger partial charge is 0.231 e. The molecule has 1 N–H and O–H groups in total. The Kier molecular flexibility index (Phi) is 4.12. The number of nitrogens with one attached hydrogen (secondary N) is 1. The molecule has 0 aliphatic carbocycles. The summed E-state index contributed by atoms with van der Waals surface area (Å²) in [4.78, 5) is 4.90. The predicted molar refractivity (Wildman–Crippen MR) is 90.1 cm³/mol. The molecule has 5 heteroatoms. The zero-order chi connectivity index (χ0) is 15.6. The van der Waals surface area contributed by atoms with Gasteiger partial charge in [-0.3, -0.25) is 0 Å². The van der Waals surface area contributed by atoms with Crippen molar-refractivity contribution in [3.63, 3.8) is 0 Å². The predicted octanol–water partition coefficient (Wildman–Crippen LogP) is 3.11. The molecule has 2 aliphatic rings. The molecule has 1 fully saturated rings. The number of ether oxygens (including phenoxy) is 2. The van der Waals surface area contributed by atoms with Crippen LogP contribution in [0, 0.1) is 5.92 Å². The summed E-state index contributed by atoms with van der Waals surface area (Å²) >= 11 is 0. The molecule has 1 atom stereocenters. The van der Waals surface area contributed by atoms with Crippen molar-refractivity contribution >= 4 is 11.0 Å². The SMILES string of the molecule is CCCCc1nc2cc3c(cc2n1CC1CCCNC1)OCO3. The van der Waals surface area contributed by atoms with E-state index in [9.17, 15) is 0 Å². The highest BCUT2D eigenvalue weighted by molar-refractivity contribution is 5.81. The highest BCUT2D eigenvalue weighted by atomic mass is 16.7. The van der Waals surface area contributed by atoms with E-state index in [1.54, 1.807) is 0 Å². The Morgan fingerprint density at radius 3 is 2.96 bits per heavy atom. The highest BCUT2D eigenvalue weighted by Crippen LogP contribution is 2.36. The summed E-state index contributed by atoms with van der Waals surface area (Å²) in [6.07, 6.45) is 5.98. The lowest BCUT2D eigenvalue weighted by Crippen LogP contribution is -2.32. The molecule has 1 unspecified atom stereocenters. The normalized spacial score (nSPS) is 20.3. The summed E-state index contributed by atoms with van der Waals surface area (Å²) in [6, 6.07) is 4.14. The quantitative estimate of drug-likeness (QED) is 0.921. The molecule has 0 radical (unpaired) electrons. The van der Waals surface area contributed by atoms with Crippen molar-refractivity contribution in [1.82, 2.24) is 14.9 Å². The molecular weight excluding hydrogens is 290 g/mol. The molecule has 23 heavy (non-hydrogen) atoms. The first kappa shape index (κ1) is 14.8. The van der Waals surface area contributed by atoms with Crippen LogP contribution in [0.3, 0.4) is 0 Å². The number of hydrogen-bond donors (Lipinski definition) is 1. The molecule has 3 heterocycles. The summed E-state index contributed by atoms with van der Waals surface area (Å²) in [7, 11) is 0. The first-order valence-corrected chi connectivity index (χ1v) is 8.84. The lowest BCUT2D eigenvalue weighted by Gasteiger charge is -2.24. The van der Waals surface area contributed by atoms with Crippen molar-refractivity contribution in [3.8, 4) is 11.5 Å². The van der Waals surface area contributed by atoms with Crippen molar-refractivity contribution in [1.29, 1.82) is 0 Å². The molecule has 2 aromatic rings. The fraction of sp³-hybridized carbons (Fsp3) is 0.611. The van der Waals surface area contributed by atoms with Crippen molar-refractivity contribution in [2.45, 2.75) is 45.6 Å². The fourth-order valence-corrected chi connectivity index (χ4v) is 3.63. The largest absolute Gasteiger partial charge is 0.454 e. The van der Waals surface area contributed by atoms with Crippen LogP contribution in [0.1, 0.15) is 38.4 Å². The highest BCUT2D eigenvalue weighted by Gasteiger charge is 2.21. The molecule has 1 saturated heterocycles. The van der Waals surface area contributed by atoms with Crippen LogP contribution in [0.4, 0.5) is 0 Å². The molecule has 1 aromatic heterocycles. The molecule has 2 aliphatic heterocycles. The maximum absolute atomic E-state index is 5.57. The first-order valence-electron chi connectivity index (χ1n) is 8.84. The standard InChI is InChI=1S/C18H25N3O2/c1-2-3-6-18-20-14-8-16-17(23-12-22-16)9-15(14)21(18)11-13-5-4-7-19-10-13/h8-9,13,19H,2-7,10-12H2,1H3. The number of piperidine rings is 1. The van der Waals surface area contributed by atoms with Gasteiger partial charge in [0.25, 0.3) is 0 Å². The Morgan fingerprint density at radius 2 is 2.17 bits per heavy atom. The first-order chi connectivity index (χ1) is 11.3. The van der Waals surface area contributed by atoms with Crippen LogP contribution in [0.2, 0.25) is 0 Å². The number of benzene rings is 1. The number of nitrogens with zero attached hydrogens (tertiary/aromatic N) is 2. The van der Waals surface area contributed by atoms with Gasteiger partial charge in [0.1, 0.15) is 5.82 Å². The van der Waals surface area contributed by atoms with Gasteiger partial charge in [-0.1, -0.05) is 13.3 Å². The topological polar surface area (TPSA) is 48.3 Å². The third-order valence-electron chi connectivity index (χ3n) is 4.92. The van der Waals surface area contributed by atoms with Crippen LogP contribution < -0.4 is 14.8 Å². The van der Waals surface area contributed by atoms with Gasteiger partial charge in [0.2, 0.25) is 6.79 Å². The minimum Gasteiger partial charge on any atom is -0.454 e. The van der Waals surface area contributed by atoms with E-state index in [-0.39, 0.29) is 0 Å². The number of unbranched alkanes of at least 4 members (excludes halogenated alkanes) is 1. The second kappa shape index (κ2) is 6.40. The Labute approximate surface area is 137 Å². The van der Waals surface area contributed by atoms with Crippen LogP contribution in [0.25, 0.3) is 11.0 Å². The molecule has 0 amide bonds. The van der Waals surface area contributed by atoms with E-state index in [1.807, 2.05) is 6.07 Å². The third-order valence-corrected chi connectivity index (χ3v) is 4.92. The van der Waals surface area contributed by atoms with Gasteiger partial charge in [0.15, 0.2) is 11.5 Å². The van der Waals surface area contributed by atoms with Crippen molar-refractivity contribution in [2.24, 2.45) is 5.92 Å². The summed E-state index contributed by atoms with van der Waals surface area (Å²) in [5, 5.41) is 3.52. The third kappa shape index (κ3) is 2.90. The molecule has 1 aromatic carbocycles. The number of fused-ring (bicyclic) bond motifs is 2. The van der Waals surface area contributed by atoms with Gasteiger partial charge in [0, 0.05) is 25.1 Å². The Hall–Kier alpha value is -1.75. The molecule has 0 bridgehead atoms. The summed E-state index contributed by atoms with van der Waals surface area (Å²) < 4.78 is 13.5. The van der Waals surface area contributed by atoms with E-state index < -0.39 is 0 Å². The van der Waals surface area contributed by atoms with Crippen LogP contribution in [0.15, 0.2) is 12.1 Å². The number of aromatic nitrogens is 2. The van der Waals surface area contributed by atoms with Crippen molar-refractivity contribution in [2.75, 3.05) is 19.9 Å². The molecule has 5 nitrogen and oxygen atoms in total. The van der Waals surface area contributed by atoms with E-state index in [0.29, 0.717) is 12.7 Å². The van der Waals surface area contributed by atoms with Crippen LogP contribution in [-0.4, -0.2) is 29.4 Å². The second-order valence-corrected chi connectivity index (χ2v) is 6.65. The number of aryl methyl sites for hydroxylation is 1. The molecule has 4 rings (SSSR count). The Balaban J connectivity index is 1.71. The number of hydrogen-bond acceptors (Lipinski definition) is 4. The Bertz CT molecular complexity index is 689. The van der Waals surface area contributed by atoms with Gasteiger partial charge >= 0.3 is 0 Å². The summed E-state index contributed by atoms with van der Waals surface area (Å²) in [6.45, 7) is 5.85. The van der Waals surface area contributed by atoms with Crippen LogP contribution in [-0.2, 0) is 13.0 Å². The summed E-state index contributed by atoms with van der Waals surface area (Å²) in [5.41, 5.74) is 2.22. The van der Waals surface area contributed by atoms with Crippen molar-refractivity contribution < 1.29 is 9.47 Å². The average Bonchev–Trinajstić information content (AvgIpc) is 3.16. The zero-order valence-electron chi connectivity index (χ0n) is 13.8. The maximum Gasteiger partial charge on any atom is 0.231 e. The van der Waals surface area contributed by atoms with Crippen LogP contribution >= 0.6 is 0 Å². The fourth-order valence-electron chi connectivity index (χ4n) is 3.63. The van der Waals surface area contributed by atoms with Crippen LogP contribution in [0.5, 0.6) is 11.5 Å². The average molecular weight is 315 g/mol. The lowest BCUT2D eigenvalue weighted by molar-refractivity contribution is 0.174. The van der Waals surface area contributed by atoms with E-state index in [0.717, 1.165) is 43.1 Å². The van der Waals surface area contributed by atoms with Gasteiger partial charge in [-0.15, -0.1) is 0 Å². The Morgan fingerprint density at radius 1 is 1.30 bits per heavy atom. The second-order valence-electron chi connectivity index (χ2n) is 6.65. The van der Waals surface area contributed by atoms with Gasteiger partial charge in [-0.05, 0) is 38.3 Å². The molecule has 124 valence electrons. The van der Waals surface area contributed by atoms with E-state index in [1.165, 1.54) is 37.0 Å². The van der Waals surface area contributed by atoms with Gasteiger partial charge in [-0.25, -0.2) is 4.98 Å². The summed E-state index contributed by atoms with van der Waals surface area (Å²) in [5.74, 6) is 3.56. The number of imidazole rings is 1. The molecule has 0 saturated carbocycles.